The molecule has 2 aromatic carbocycles. The molecule has 0 aliphatic rings. The van der Waals surface area contributed by atoms with Gasteiger partial charge in [-0.3, -0.25) is 0 Å². The number of benzene rings is 2. The van der Waals surface area contributed by atoms with Crippen LogP contribution >= 0.6 is 0 Å². The van der Waals surface area contributed by atoms with E-state index in [0.29, 0.717) is 26.2 Å². The minimum Gasteiger partial charge on any atom is -0.337 e. The van der Waals surface area contributed by atoms with Gasteiger partial charge in [-0.05, 0) is 41.8 Å². The third-order valence-corrected chi connectivity index (χ3v) is 3.69. The quantitative estimate of drug-likeness (QED) is 0.419. The highest BCUT2D eigenvalue weighted by molar-refractivity contribution is 5.89. The molecule has 27 heavy (non-hydrogen) atoms. The van der Waals surface area contributed by atoms with E-state index in [-0.39, 0.29) is 12.1 Å². The van der Waals surface area contributed by atoms with Crippen LogP contribution < -0.4 is 32.7 Å². The van der Waals surface area contributed by atoms with E-state index in [0.717, 1.165) is 28.9 Å². The normalized spacial score (nSPS) is 10.1. The van der Waals surface area contributed by atoms with Crippen molar-refractivity contribution in [2.24, 2.45) is 11.5 Å². The molecule has 0 aromatic heterocycles. The monoisotopic (exact) mass is 370 g/mol. The van der Waals surface area contributed by atoms with Crippen LogP contribution in [0.3, 0.4) is 0 Å². The van der Waals surface area contributed by atoms with Crippen LogP contribution in [0, 0.1) is 0 Å². The van der Waals surface area contributed by atoms with Crippen molar-refractivity contribution >= 4 is 23.4 Å². The average Bonchev–Trinajstić information content (AvgIpc) is 2.68. The minimum atomic E-state index is -0.271. The van der Waals surface area contributed by atoms with Gasteiger partial charge in [0.1, 0.15) is 0 Å². The Morgan fingerprint density at radius 2 is 1.04 bits per heavy atom. The second-order valence-electron chi connectivity index (χ2n) is 5.91. The van der Waals surface area contributed by atoms with Gasteiger partial charge in [0.2, 0.25) is 0 Å². The Hall–Kier alpha value is -3.10. The maximum absolute atomic E-state index is 11.6. The molecule has 144 valence electrons. The number of rotatable bonds is 8. The van der Waals surface area contributed by atoms with Crippen LogP contribution in [-0.2, 0) is 6.42 Å². The van der Waals surface area contributed by atoms with Crippen molar-refractivity contribution in [2.45, 2.75) is 6.42 Å². The van der Waals surface area contributed by atoms with Crippen LogP contribution in [0.25, 0.3) is 0 Å². The Bertz CT molecular complexity index is 667. The summed E-state index contributed by atoms with van der Waals surface area (Å²) >= 11 is 0. The van der Waals surface area contributed by atoms with Crippen molar-refractivity contribution in [3.63, 3.8) is 0 Å². The maximum atomic E-state index is 11.6. The third kappa shape index (κ3) is 7.35. The molecular formula is C19H26N6O2. The molecule has 2 rings (SSSR count). The fourth-order valence-electron chi connectivity index (χ4n) is 2.37. The van der Waals surface area contributed by atoms with Gasteiger partial charge >= 0.3 is 12.1 Å². The zero-order valence-corrected chi connectivity index (χ0v) is 15.1. The molecule has 0 aliphatic heterocycles. The minimum absolute atomic E-state index is 0.271. The molecule has 8 heteroatoms. The highest BCUT2D eigenvalue weighted by atomic mass is 16.2. The lowest BCUT2D eigenvalue weighted by Crippen LogP contribution is -2.32. The van der Waals surface area contributed by atoms with E-state index < -0.39 is 0 Å². The van der Waals surface area contributed by atoms with E-state index in [1.807, 2.05) is 48.5 Å². The highest BCUT2D eigenvalue weighted by Crippen LogP contribution is 2.16. The molecule has 4 amide bonds. The second kappa shape index (κ2) is 10.8. The van der Waals surface area contributed by atoms with Crippen molar-refractivity contribution in [1.29, 1.82) is 0 Å². The van der Waals surface area contributed by atoms with E-state index in [1.165, 1.54) is 0 Å². The first-order chi connectivity index (χ1) is 13.1. The van der Waals surface area contributed by atoms with Gasteiger partial charge < -0.3 is 32.7 Å². The summed E-state index contributed by atoms with van der Waals surface area (Å²) in [6, 6.07) is 14.7. The molecule has 0 bridgehead atoms. The molecule has 8 N–H and O–H groups in total. The first kappa shape index (κ1) is 20.2. The summed E-state index contributed by atoms with van der Waals surface area (Å²) in [5, 5.41) is 10.8. The van der Waals surface area contributed by atoms with E-state index >= 15 is 0 Å². The number of anilines is 2. The van der Waals surface area contributed by atoms with Crippen LogP contribution in [0.5, 0.6) is 0 Å². The number of carbonyl (C=O) groups is 2. The number of nitrogens with two attached hydrogens (primary N) is 2. The van der Waals surface area contributed by atoms with E-state index in [1.54, 1.807) is 0 Å². The number of amides is 4. The van der Waals surface area contributed by atoms with Gasteiger partial charge in [-0.25, -0.2) is 9.59 Å². The topological polar surface area (TPSA) is 134 Å². The van der Waals surface area contributed by atoms with Gasteiger partial charge in [0.25, 0.3) is 0 Å². The molecule has 0 radical (unpaired) electrons. The lowest BCUT2D eigenvalue weighted by molar-refractivity contribution is 0.251. The van der Waals surface area contributed by atoms with Gasteiger partial charge in [0, 0.05) is 37.6 Å². The van der Waals surface area contributed by atoms with E-state index in [9.17, 15) is 9.59 Å². The molecule has 0 spiro atoms. The van der Waals surface area contributed by atoms with Gasteiger partial charge in [-0.15, -0.1) is 0 Å². The lowest BCUT2D eigenvalue weighted by Gasteiger charge is -2.09. The molecule has 0 fully saturated rings. The van der Waals surface area contributed by atoms with Gasteiger partial charge in [0.15, 0.2) is 0 Å². The third-order valence-electron chi connectivity index (χ3n) is 3.69. The molecule has 0 saturated carbocycles. The number of hydrogen-bond acceptors (Lipinski definition) is 4. The first-order valence-electron chi connectivity index (χ1n) is 8.78. The Kier molecular flexibility index (Phi) is 8.08. The zero-order chi connectivity index (χ0) is 19.5. The fourth-order valence-corrected chi connectivity index (χ4v) is 2.37. The Labute approximate surface area is 158 Å². The SMILES string of the molecule is NCCNC(=O)Nc1ccc(Cc2ccc(NC(=O)NCCN)cc2)cc1. The van der Waals surface area contributed by atoms with Gasteiger partial charge in [0.05, 0.1) is 0 Å². The van der Waals surface area contributed by atoms with E-state index in [4.69, 9.17) is 11.5 Å². The molecule has 0 heterocycles. The summed E-state index contributed by atoms with van der Waals surface area (Å²) in [5.74, 6) is 0. The number of nitrogens with one attached hydrogen (secondary N) is 4. The second-order valence-corrected chi connectivity index (χ2v) is 5.91. The molecule has 0 unspecified atom stereocenters. The van der Waals surface area contributed by atoms with Crippen molar-refractivity contribution in [2.75, 3.05) is 36.8 Å². The van der Waals surface area contributed by atoms with Crippen LogP contribution in [0.1, 0.15) is 11.1 Å². The lowest BCUT2D eigenvalue weighted by atomic mass is 10.0. The van der Waals surface area contributed by atoms with Crippen molar-refractivity contribution in [3.8, 4) is 0 Å². The Morgan fingerprint density at radius 3 is 1.37 bits per heavy atom. The Morgan fingerprint density at radius 1 is 0.667 bits per heavy atom. The summed E-state index contributed by atoms with van der Waals surface area (Å²) in [4.78, 5) is 23.2. The number of carbonyl (C=O) groups excluding carboxylic acids is 2. The summed E-state index contributed by atoms with van der Waals surface area (Å²) in [7, 11) is 0. The summed E-state index contributed by atoms with van der Waals surface area (Å²) in [6.07, 6.45) is 0.749. The average molecular weight is 370 g/mol. The smallest absolute Gasteiger partial charge is 0.319 e. The van der Waals surface area contributed by atoms with Crippen LogP contribution in [-0.4, -0.2) is 38.2 Å². The molecule has 8 nitrogen and oxygen atoms in total. The number of hydrogen-bond donors (Lipinski definition) is 6. The largest absolute Gasteiger partial charge is 0.337 e. The summed E-state index contributed by atoms with van der Waals surface area (Å²) < 4.78 is 0. The van der Waals surface area contributed by atoms with Crippen molar-refractivity contribution < 1.29 is 9.59 Å². The first-order valence-corrected chi connectivity index (χ1v) is 8.78. The van der Waals surface area contributed by atoms with E-state index in [2.05, 4.69) is 21.3 Å². The number of urea groups is 2. The predicted octanol–water partition coefficient (Wildman–Crippen LogP) is 1.44. The van der Waals surface area contributed by atoms with Crippen LogP contribution in [0.15, 0.2) is 48.5 Å². The van der Waals surface area contributed by atoms with Crippen LogP contribution in [0.2, 0.25) is 0 Å². The molecular weight excluding hydrogens is 344 g/mol. The predicted molar refractivity (Wildman–Crippen MR) is 108 cm³/mol. The molecule has 0 aliphatic carbocycles. The van der Waals surface area contributed by atoms with Crippen molar-refractivity contribution in [1.82, 2.24) is 10.6 Å². The molecule has 0 atom stereocenters. The van der Waals surface area contributed by atoms with Crippen LogP contribution in [0.4, 0.5) is 21.0 Å². The molecule has 2 aromatic rings. The van der Waals surface area contributed by atoms with Gasteiger partial charge in [-0.2, -0.15) is 0 Å². The standard InChI is InChI=1S/C19H26N6O2/c20-9-11-22-18(26)24-16-5-1-14(2-6-16)13-15-3-7-17(8-4-15)25-19(27)23-12-10-21/h1-8H,9-13,20-21H2,(H2,22,24,26)(H2,23,25,27). The summed E-state index contributed by atoms with van der Waals surface area (Å²) in [5.41, 5.74) is 14.4. The van der Waals surface area contributed by atoms with Crippen molar-refractivity contribution in [3.05, 3.63) is 59.7 Å². The van der Waals surface area contributed by atoms with Gasteiger partial charge in [-0.1, -0.05) is 24.3 Å². The highest BCUT2D eigenvalue weighted by Gasteiger charge is 2.03. The Balaban J connectivity index is 1.86. The molecule has 0 saturated heterocycles. The zero-order valence-electron chi connectivity index (χ0n) is 15.1. The maximum Gasteiger partial charge on any atom is 0.319 e. The fraction of sp³-hybridized carbons (Fsp3) is 0.263. The summed E-state index contributed by atoms with van der Waals surface area (Å²) in [6.45, 7) is 1.67.